The maximum absolute atomic E-state index is 11.8. The number of amides is 2. The second-order valence-electron chi connectivity index (χ2n) is 5.43. The maximum atomic E-state index is 11.8. The number of carbonyl (C=O) groups is 2. The molecule has 1 atom stereocenters. The van der Waals surface area contributed by atoms with E-state index >= 15 is 0 Å². The Labute approximate surface area is 109 Å². The third-order valence-electron chi connectivity index (χ3n) is 3.68. The summed E-state index contributed by atoms with van der Waals surface area (Å²) in [5.74, 6) is 6.25. The summed E-state index contributed by atoms with van der Waals surface area (Å²) in [5.41, 5.74) is 2.12. The molecule has 1 rings (SSSR count). The molecule has 1 saturated heterocycles. The Hall–Kier alpha value is -1.10. The number of hydrogen-bond acceptors (Lipinski definition) is 3. The van der Waals surface area contributed by atoms with Gasteiger partial charge in [-0.15, -0.1) is 0 Å². The lowest BCUT2D eigenvalue weighted by Crippen LogP contribution is -2.29. The molecule has 1 aliphatic heterocycles. The van der Waals surface area contributed by atoms with Crippen molar-refractivity contribution in [3.63, 3.8) is 0 Å². The fourth-order valence-corrected chi connectivity index (χ4v) is 2.30. The average Bonchev–Trinajstić information content (AvgIpc) is 2.70. The maximum Gasteiger partial charge on any atom is 0.233 e. The van der Waals surface area contributed by atoms with Crippen molar-refractivity contribution in [3.8, 4) is 0 Å². The fourth-order valence-electron chi connectivity index (χ4n) is 2.30. The number of unbranched alkanes of at least 4 members (excludes halogenated alkanes) is 2. The summed E-state index contributed by atoms with van der Waals surface area (Å²) in [5, 5.41) is 0. The van der Waals surface area contributed by atoms with Crippen molar-refractivity contribution in [2.75, 3.05) is 13.1 Å². The van der Waals surface area contributed by atoms with E-state index in [0.717, 1.165) is 32.4 Å². The van der Waals surface area contributed by atoms with Crippen molar-refractivity contribution in [3.05, 3.63) is 0 Å². The van der Waals surface area contributed by atoms with E-state index in [-0.39, 0.29) is 11.8 Å². The lowest BCUT2D eigenvalue weighted by atomic mass is 9.95. The van der Waals surface area contributed by atoms with Gasteiger partial charge in [0, 0.05) is 25.9 Å². The average molecular weight is 255 g/mol. The van der Waals surface area contributed by atoms with Crippen LogP contribution in [0.2, 0.25) is 0 Å². The van der Waals surface area contributed by atoms with Crippen LogP contribution in [0.25, 0.3) is 0 Å². The molecule has 0 radical (unpaired) electrons. The van der Waals surface area contributed by atoms with Crippen molar-refractivity contribution in [2.24, 2.45) is 17.7 Å². The van der Waals surface area contributed by atoms with Crippen LogP contribution in [0.5, 0.6) is 0 Å². The molecule has 18 heavy (non-hydrogen) atoms. The molecule has 5 heteroatoms. The summed E-state index contributed by atoms with van der Waals surface area (Å²) in [6, 6.07) is 0. The number of likely N-dealkylation sites (tertiary alicyclic amines) is 1. The van der Waals surface area contributed by atoms with Gasteiger partial charge in [-0.3, -0.25) is 15.0 Å². The lowest BCUT2D eigenvalue weighted by molar-refractivity contribution is -0.128. The van der Waals surface area contributed by atoms with Crippen molar-refractivity contribution in [1.29, 1.82) is 0 Å². The van der Waals surface area contributed by atoms with Crippen LogP contribution >= 0.6 is 0 Å². The van der Waals surface area contributed by atoms with Gasteiger partial charge in [-0.1, -0.05) is 20.3 Å². The Morgan fingerprint density at radius 2 is 2.17 bits per heavy atom. The highest BCUT2D eigenvalue weighted by atomic mass is 16.2. The zero-order valence-electron chi connectivity index (χ0n) is 11.4. The zero-order valence-corrected chi connectivity index (χ0v) is 11.4. The molecular formula is C13H25N3O2. The van der Waals surface area contributed by atoms with Crippen molar-refractivity contribution < 1.29 is 9.59 Å². The van der Waals surface area contributed by atoms with Gasteiger partial charge in [0.25, 0.3) is 0 Å². The summed E-state index contributed by atoms with van der Waals surface area (Å²) in [6.45, 7) is 6.08. The molecule has 0 bridgehead atoms. The van der Waals surface area contributed by atoms with Crippen LogP contribution in [0.15, 0.2) is 0 Å². The summed E-state index contributed by atoms with van der Waals surface area (Å²) in [6.07, 6.45) is 3.93. The van der Waals surface area contributed by atoms with Gasteiger partial charge in [0.2, 0.25) is 11.8 Å². The number of carbonyl (C=O) groups excluding carboxylic acids is 2. The van der Waals surface area contributed by atoms with E-state index in [2.05, 4.69) is 19.3 Å². The number of nitrogens with two attached hydrogens (primary N) is 1. The molecule has 0 aromatic carbocycles. The minimum Gasteiger partial charge on any atom is -0.342 e. The summed E-state index contributed by atoms with van der Waals surface area (Å²) < 4.78 is 0. The van der Waals surface area contributed by atoms with E-state index in [1.807, 2.05) is 4.90 Å². The summed E-state index contributed by atoms with van der Waals surface area (Å²) in [7, 11) is 0. The molecule has 0 aliphatic carbocycles. The highest BCUT2D eigenvalue weighted by molar-refractivity contribution is 5.78. The molecular weight excluding hydrogens is 230 g/mol. The Kier molecular flexibility index (Phi) is 6.12. The van der Waals surface area contributed by atoms with E-state index < -0.39 is 0 Å². The number of nitrogens with one attached hydrogen (secondary N) is 1. The van der Waals surface area contributed by atoms with E-state index in [1.54, 1.807) is 0 Å². The van der Waals surface area contributed by atoms with Crippen molar-refractivity contribution >= 4 is 11.8 Å². The van der Waals surface area contributed by atoms with E-state index in [1.165, 1.54) is 0 Å². The zero-order chi connectivity index (χ0) is 13.5. The number of rotatable bonds is 7. The van der Waals surface area contributed by atoms with E-state index in [9.17, 15) is 9.59 Å². The molecule has 5 nitrogen and oxygen atoms in total. The first-order valence-corrected chi connectivity index (χ1v) is 6.81. The Morgan fingerprint density at radius 3 is 2.72 bits per heavy atom. The smallest absolute Gasteiger partial charge is 0.233 e. The first-order valence-electron chi connectivity index (χ1n) is 6.81. The topological polar surface area (TPSA) is 75.4 Å². The SMILES string of the molecule is CC(C)C1CC(=O)N(CCCCCC(=O)NN)C1. The number of hydrogen-bond donors (Lipinski definition) is 2. The van der Waals surface area contributed by atoms with Crippen LogP contribution in [0, 0.1) is 11.8 Å². The van der Waals surface area contributed by atoms with Crippen LogP contribution in [-0.4, -0.2) is 29.8 Å². The highest BCUT2D eigenvalue weighted by Crippen LogP contribution is 2.24. The van der Waals surface area contributed by atoms with Crippen molar-refractivity contribution in [1.82, 2.24) is 10.3 Å². The van der Waals surface area contributed by atoms with E-state index in [4.69, 9.17) is 5.84 Å². The lowest BCUT2D eigenvalue weighted by Gasteiger charge is -2.17. The second kappa shape index (κ2) is 7.36. The molecule has 0 aromatic rings. The minimum absolute atomic E-state index is 0.118. The van der Waals surface area contributed by atoms with Crippen LogP contribution in [0.3, 0.4) is 0 Å². The number of hydrazine groups is 1. The van der Waals surface area contributed by atoms with Gasteiger partial charge in [-0.05, 0) is 24.7 Å². The van der Waals surface area contributed by atoms with Crippen LogP contribution < -0.4 is 11.3 Å². The minimum atomic E-state index is -0.118. The third-order valence-corrected chi connectivity index (χ3v) is 3.68. The van der Waals surface area contributed by atoms with Gasteiger partial charge in [0.05, 0.1) is 0 Å². The molecule has 104 valence electrons. The van der Waals surface area contributed by atoms with E-state index in [0.29, 0.717) is 24.7 Å². The summed E-state index contributed by atoms with van der Waals surface area (Å²) >= 11 is 0. The monoisotopic (exact) mass is 255 g/mol. The molecule has 0 spiro atoms. The quantitative estimate of drug-likeness (QED) is 0.309. The fraction of sp³-hybridized carbons (Fsp3) is 0.846. The van der Waals surface area contributed by atoms with Crippen LogP contribution in [0.1, 0.15) is 46.0 Å². The van der Waals surface area contributed by atoms with Crippen molar-refractivity contribution in [2.45, 2.75) is 46.0 Å². The van der Waals surface area contributed by atoms with Gasteiger partial charge in [0.15, 0.2) is 0 Å². The second-order valence-corrected chi connectivity index (χ2v) is 5.43. The largest absolute Gasteiger partial charge is 0.342 e. The molecule has 1 aliphatic rings. The van der Waals surface area contributed by atoms with Gasteiger partial charge in [-0.2, -0.15) is 0 Å². The van der Waals surface area contributed by atoms with Gasteiger partial charge >= 0.3 is 0 Å². The van der Waals surface area contributed by atoms with Crippen LogP contribution in [0.4, 0.5) is 0 Å². The first-order chi connectivity index (χ1) is 8.54. The highest BCUT2D eigenvalue weighted by Gasteiger charge is 2.30. The predicted octanol–water partition coefficient (Wildman–Crippen LogP) is 1.04. The third kappa shape index (κ3) is 4.64. The standard InChI is InChI=1S/C13H25N3O2/c1-10(2)11-8-13(18)16(9-11)7-5-3-4-6-12(17)15-14/h10-11H,3-9,14H2,1-2H3,(H,15,17). The van der Waals surface area contributed by atoms with Gasteiger partial charge in [-0.25, -0.2) is 5.84 Å². The summed E-state index contributed by atoms with van der Waals surface area (Å²) in [4.78, 5) is 24.6. The molecule has 2 amide bonds. The Morgan fingerprint density at radius 1 is 1.44 bits per heavy atom. The molecule has 0 aromatic heterocycles. The molecule has 0 saturated carbocycles. The molecule has 1 fully saturated rings. The predicted molar refractivity (Wildman–Crippen MR) is 70.3 cm³/mol. The first kappa shape index (κ1) is 15.0. The Balaban J connectivity index is 2.13. The number of nitrogens with zero attached hydrogens (tertiary/aromatic N) is 1. The van der Waals surface area contributed by atoms with Gasteiger partial charge in [0.1, 0.15) is 0 Å². The van der Waals surface area contributed by atoms with Crippen LogP contribution in [-0.2, 0) is 9.59 Å². The normalized spacial score (nSPS) is 19.7. The van der Waals surface area contributed by atoms with Gasteiger partial charge < -0.3 is 4.90 Å². The molecule has 3 N–H and O–H groups in total. The molecule has 1 unspecified atom stereocenters. The Bertz CT molecular complexity index is 292. The molecule has 1 heterocycles.